The Morgan fingerprint density at radius 2 is 1.23 bits per heavy atom. The molecular weight excluding hydrogens is 476 g/mol. The molecule has 0 bridgehead atoms. The van der Waals surface area contributed by atoms with Crippen molar-refractivity contribution in [3.63, 3.8) is 0 Å². The average molecular weight is 503 g/mol. The van der Waals surface area contributed by atoms with Crippen LogP contribution in [0.4, 0.5) is 0 Å². The fourth-order valence-corrected chi connectivity index (χ4v) is 6.41. The second kappa shape index (κ2) is 8.09. The quantitative estimate of drug-likeness (QED) is 0.235. The number of furan rings is 1. The number of para-hydroxylation sites is 1. The zero-order valence-electron chi connectivity index (χ0n) is 21.9. The topological polar surface area (TPSA) is 22.4 Å². The first-order valence-corrected chi connectivity index (χ1v) is 13.4. The molecule has 0 N–H and O–H groups in total. The van der Waals surface area contributed by atoms with E-state index in [0.717, 1.165) is 33.6 Å². The normalized spacial score (nSPS) is 13.8. The zero-order valence-corrected chi connectivity index (χ0v) is 21.9. The highest BCUT2D eigenvalue weighted by Gasteiger charge is 2.34. The molecule has 0 saturated carbocycles. The molecule has 1 aliphatic heterocycles. The predicted molar refractivity (Wildman–Crippen MR) is 161 cm³/mol. The molecular formula is C37H26O2. The minimum absolute atomic E-state index is 0.134. The summed E-state index contributed by atoms with van der Waals surface area (Å²) in [6, 6.07) is 42.8. The molecule has 2 heterocycles. The van der Waals surface area contributed by atoms with Crippen LogP contribution in [0.1, 0.15) is 25.0 Å². The summed E-state index contributed by atoms with van der Waals surface area (Å²) in [5, 5.41) is 4.74. The van der Waals surface area contributed by atoms with Crippen molar-refractivity contribution in [3.05, 3.63) is 132 Å². The summed E-state index contributed by atoms with van der Waals surface area (Å²) in [5.74, 6) is 1.85. The monoisotopic (exact) mass is 502 g/mol. The van der Waals surface area contributed by atoms with Gasteiger partial charge in [-0.25, -0.2) is 0 Å². The van der Waals surface area contributed by atoms with E-state index in [-0.39, 0.29) is 5.41 Å². The largest absolute Gasteiger partial charge is 0.457 e. The molecule has 0 saturated heterocycles. The number of hydrogen-bond donors (Lipinski definition) is 0. The fraction of sp³-hybridized carbons (Fsp3) is 0.0811. The third kappa shape index (κ3) is 3.21. The molecule has 0 amide bonds. The molecule has 39 heavy (non-hydrogen) atoms. The Morgan fingerprint density at radius 3 is 2.15 bits per heavy atom. The highest BCUT2D eigenvalue weighted by Crippen LogP contribution is 2.49. The summed E-state index contributed by atoms with van der Waals surface area (Å²) in [4.78, 5) is 0. The van der Waals surface area contributed by atoms with Crippen LogP contribution in [0, 0.1) is 0 Å². The molecule has 8 rings (SSSR count). The minimum atomic E-state index is -0.134. The van der Waals surface area contributed by atoms with E-state index in [9.17, 15) is 0 Å². The maximum absolute atomic E-state index is 6.47. The third-order valence-corrected chi connectivity index (χ3v) is 8.35. The van der Waals surface area contributed by atoms with Crippen LogP contribution in [-0.4, -0.2) is 0 Å². The van der Waals surface area contributed by atoms with Crippen LogP contribution in [0.2, 0.25) is 0 Å². The molecule has 0 spiro atoms. The maximum atomic E-state index is 6.47. The number of fused-ring (bicyclic) bond motifs is 7. The van der Waals surface area contributed by atoms with Crippen LogP contribution < -0.4 is 4.74 Å². The first-order chi connectivity index (χ1) is 19.1. The van der Waals surface area contributed by atoms with Gasteiger partial charge in [0.2, 0.25) is 0 Å². The van der Waals surface area contributed by atoms with Gasteiger partial charge in [-0.05, 0) is 57.3 Å². The van der Waals surface area contributed by atoms with Gasteiger partial charge in [-0.2, -0.15) is 0 Å². The SMILES string of the molecule is CC1(C)c2ccccc2Oc2cc(-c3ccccc3-c3cccc4oc5ccc6ccccc6c5c34)ccc21. The Balaban J connectivity index is 1.36. The van der Waals surface area contributed by atoms with E-state index in [1.807, 2.05) is 6.07 Å². The van der Waals surface area contributed by atoms with Gasteiger partial charge in [0.05, 0.1) is 0 Å². The second-order valence-electron chi connectivity index (χ2n) is 10.9. The number of rotatable bonds is 2. The van der Waals surface area contributed by atoms with Gasteiger partial charge in [-0.15, -0.1) is 0 Å². The summed E-state index contributed by atoms with van der Waals surface area (Å²) in [6.45, 7) is 4.55. The molecule has 0 atom stereocenters. The van der Waals surface area contributed by atoms with Gasteiger partial charge < -0.3 is 9.15 Å². The van der Waals surface area contributed by atoms with Crippen molar-refractivity contribution in [1.82, 2.24) is 0 Å². The van der Waals surface area contributed by atoms with Crippen LogP contribution in [0.25, 0.3) is 55.0 Å². The highest BCUT2D eigenvalue weighted by atomic mass is 16.5. The zero-order chi connectivity index (χ0) is 26.1. The van der Waals surface area contributed by atoms with Crippen LogP contribution >= 0.6 is 0 Å². The number of ether oxygens (including phenoxy) is 1. The Bertz CT molecular complexity index is 2080. The lowest BCUT2D eigenvalue weighted by Gasteiger charge is -2.34. The Morgan fingerprint density at radius 1 is 0.513 bits per heavy atom. The summed E-state index contributed by atoms with van der Waals surface area (Å²) >= 11 is 0. The van der Waals surface area contributed by atoms with Gasteiger partial charge in [0.25, 0.3) is 0 Å². The summed E-state index contributed by atoms with van der Waals surface area (Å²) in [6.07, 6.45) is 0. The van der Waals surface area contributed by atoms with E-state index < -0.39 is 0 Å². The van der Waals surface area contributed by atoms with Crippen LogP contribution in [0.15, 0.2) is 126 Å². The van der Waals surface area contributed by atoms with Gasteiger partial charge in [-0.3, -0.25) is 0 Å². The summed E-state index contributed by atoms with van der Waals surface area (Å²) in [5.41, 5.74) is 8.75. The number of benzene rings is 6. The summed E-state index contributed by atoms with van der Waals surface area (Å²) < 4.78 is 12.8. The Labute approximate surface area is 227 Å². The molecule has 1 aliphatic rings. The lowest BCUT2D eigenvalue weighted by molar-refractivity contribution is 0.418. The maximum Gasteiger partial charge on any atom is 0.136 e. The van der Waals surface area contributed by atoms with E-state index in [2.05, 4.69) is 129 Å². The van der Waals surface area contributed by atoms with E-state index in [1.165, 1.54) is 44.0 Å². The van der Waals surface area contributed by atoms with Gasteiger partial charge in [-0.1, -0.05) is 111 Å². The molecule has 0 unspecified atom stereocenters. The molecule has 1 aromatic heterocycles. The second-order valence-corrected chi connectivity index (χ2v) is 10.9. The third-order valence-electron chi connectivity index (χ3n) is 8.35. The van der Waals surface area contributed by atoms with Gasteiger partial charge in [0, 0.05) is 27.3 Å². The standard InChI is InChI=1S/C37H26O2/c1-37(2)29-15-7-8-16-31(29)38-34-22-24(18-20-30(34)37)25-11-5-6-13-27(25)28-14-9-17-32-36(28)35-26-12-4-3-10-23(26)19-21-33(35)39-32/h3-22H,1-2H3. The van der Waals surface area contributed by atoms with Crippen molar-refractivity contribution >= 4 is 32.7 Å². The molecule has 0 aliphatic carbocycles. The molecule has 6 aromatic carbocycles. The van der Waals surface area contributed by atoms with Crippen molar-refractivity contribution in [2.45, 2.75) is 19.3 Å². The van der Waals surface area contributed by atoms with Crippen molar-refractivity contribution in [3.8, 4) is 33.8 Å². The average Bonchev–Trinajstić information content (AvgIpc) is 3.37. The highest BCUT2D eigenvalue weighted by molar-refractivity contribution is 6.23. The fourth-order valence-electron chi connectivity index (χ4n) is 6.41. The molecule has 186 valence electrons. The first-order valence-electron chi connectivity index (χ1n) is 13.4. The van der Waals surface area contributed by atoms with E-state index in [1.54, 1.807) is 0 Å². The van der Waals surface area contributed by atoms with E-state index in [0.29, 0.717) is 0 Å². The van der Waals surface area contributed by atoms with Crippen molar-refractivity contribution in [2.24, 2.45) is 0 Å². The lowest BCUT2D eigenvalue weighted by atomic mass is 9.75. The van der Waals surface area contributed by atoms with Gasteiger partial charge >= 0.3 is 0 Å². The first kappa shape index (κ1) is 22.2. The molecule has 7 aromatic rings. The molecule has 2 nitrogen and oxygen atoms in total. The van der Waals surface area contributed by atoms with Crippen molar-refractivity contribution in [2.75, 3.05) is 0 Å². The predicted octanol–water partition coefficient (Wildman–Crippen LogP) is 10.5. The van der Waals surface area contributed by atoms with Crippen LogP contribution in [0.5, 0.6) is 11.5 Å². The minimum Gasteiger partial charge on any atom is -0.457 e. The van der Waals surface area contributed by atoms with E-state index in [4.69, 9.17) is 9.15 Å². The van der Waals surface area contributed by atoms with Crippen molar-refractivity contribution < 1.29 is 9.15 Å². The van der Waals surface area contributed by atoms with Crippen LogP contribution in [-0.2, 0) is 5.41 Å². The molecule has 2 heteroatoms. The van der Waals surface area contributed by atoms with E-state index >= 15 is 0 Å². The smallest absolute Gasteiger partial charge is 0.136 e. The Hall–Kier alpha value is -4.82. The van der Waals surface area contributed by atoms with Crippen LogP contribution in [0.3, 0.4) is 0 Å². The van der Waals surface area contributed by atoms with Gasteiger partial charge in [0.15, 0.2) is 0 Å². The lowest BCUT2D eigenvalue weighted by Crippen LogP contribution is -2.24. The Kier molecular flexibility index (Phi) is 4.60. The summed E-state index contributed by atoms with van der Waals surface area (Å²) in [7, 11) is 0. The van der Waals surface area contributed by atoms with Gasteiger partial charge in [0.1, 0.15) is 22.7 Å². The number of hydrogen-bond acceptors (Lipinski definition) is 2. The van der Waals surface area contributed by atoms with Crippen molar-refractivity contribution in [1.29, 1.82) is 0 Å². The molecule has 0 fully saturated rings. The molecule has 0 radical (unpaired) electrons.